The predicted molar refractivity (Wildman–Crippen MR) is 125 cm³/mol. The van der Waals surface area contributed by atoms with Crippen LogP contribution < -0.4 is 4.74 Å². The Labute approximate surface area is 196 Å². The Morgan fingerprint density at radius 1 is 1.30 bits per heavy atom. The van der Waals surface area contributed by atoms with Crippen molar-refractivity contribution in [2.45, 2.75) is 87.5 Å². The number of allylic oxidation sites excluding steroid dienone is 1. The molecule has 3 fully saturated rings. The topological polar surface area (TPSA) is 73.2 Å². The van der Waals surface area contributed by atoms with Crippen LogP contribution in [-0.4, -0.2) is 69.8 Å². The molecule has 2 bridgehead atoms. The number of hydrogen-bond acceptors (Lipinski definition) is 5. The Morgan fingerprint density at radius 2 is 2.12 bits per heavy atom. The zero-order valence-corrected chi connectivity index (χ0v) is 19.8. The Bertz CT molecular complexity index is 1000. The summed E-state index contributed by atoms with van der Waals surface area (Å²) in [4.78, 5) is 17.4. The molecule has 5 aliphatic rings. The lowest BCUT2D eigenvalue weighted by Crippen LogP contribution is -2.78. The van der Waals surface area contributed by atoms with E-state index in [1.165, 1.54) is 18.4 Å². The van der Waals surface area contributed by atoms with Crippen molar-refractivity contribution in [1.82, 2.24) is 9.80 Å². The smallest absolute Gasteiger partial charge is 0.246 e. The summed E-state index contributed by atoms with van der Waals surface area (Å²) in [5.74, 6) is 1.44. The first-order chi connectivity index (χ1) is 15.9. The van der Waals surface area contributed by atoms with E-state index < -0.39 is 11.0 Å². The summed E-state index contributed by atoms with van der Waals surface area (Å²) in [7, 11) is 1.86. The van der Waals surface area contributed by atoms with Gasteiger partial charge in [0.2, 0.25) is 5.91 Å². The van der Waals surface area contributed by atoms with Crippen LogP contribution in [-0.2, 0) is 16.6 Å². The normalized spacial score (nSPS) is 36.5. The van der Waals surface area contributed by atoms with E-state index in [2.05, 4.69) is 11.8 Å². The summed E-state index contributed by atoms with van der Waals surface area (Å²) >= 11 is 0. The van der Waals surface area contributed by atoms with Gasteiger partial charge in [-0.2, -0.15) is 0 Å². The Morgan fingerprint density at radius 3 is 2.88 bits per heavy atom. The minimum Gasteiger partial charge on any atom is -0.504 e. The molecule has 33 heavy (non-hydrogen) atoms. The average Bonchev–Trinajstić information content (AvgIpc) is 3.54. The number of piperidine rings is 1. The van der Waals surface area contributed by atoms with Crippen LogP contribution in [0.3, 0.4) is 0 Å². The molecule has 1 aromatic carbocycles. The molecule has 2 aliphatic heterocycles. The monoisotopic (exact) mass is 452 g/mol. The van der Waals surface area contributed by atoms with Crippen molar-refractivity contribution in [3.05, 3.63) is 35.4 Å². The molecule has 1 spiro atoms. The number of rotatable bonds is 6. The van der Waals surface area contributed by atoms with Gasteiger partial charge in [0.15, 0.2) is 11.5 Å². The van der Waals surface area contributed by atoms with Crippen LogP contribution in [0.25, 0.3) is 0 Å². The third kappa shape index (κ3) is 2.89. The second-order valence-corrected chi connectivity index (χ2v) is 11.0. The molecular formula is C27H36N2O4. The molecule has 1 saturated heterocycles. The number of phenolic OH excluding ortho intramolecular Hbond substituents is 1. The second-order valence-electron chi connectivity index (χ2n) is 11.0. The van der Waals surface area contributed by atoms with Crippen LogP contribution in [0.1, 0.15) is 63.0 Å². The number of amides is 1. The summed E-state index contributed by atoms with van der Waals surface area (Å²) in [5.41, 5.74) is 0.724. The average molecular weight is 453 g/mol. The second kappa shape index (κ2) is 7.47. The number of carbonyl (C=O) groups is 1. The van der Waals surface area contributed by atoms with Crippen LogP contribution in [0.5, 0.6) is 11.5 Å². The van der Waals surface area contributed by atoms with Gasteiger partial charge in [-0.1, -0.05) is 25.5 Å². The Hall–Kier alpha value is -2.05. The van der Waals surface area contributed by atoms with Crippen molar-refractivity contribution in [3.8, 4) is 11.5 Å². The van der Waals surface area contributed by atoms with E-state index in [9.17, 15) is 15.0 Å². The van der Waals surface area contributed by atoms with E-state index in [4.69, 9.17) is 4.74 Å². The highest BCUT2D eigenvalue weighted by molar-refractivity contribution is 5.87. The third-order valence-electron chi connectivity index (χ3n) is 9.29. The molecule has 2 saturated carbocycles. The first-order valence-corrected chi connectivity index (χ1v) is 12.8. The first kappa shape index (κ1) is 21.5. The van der Waals surface area contributed by atoms with Crippen LogP contribution in [0, 0.1) is 5.92 Å². The highest BCUT2D eigenvalue weighted by atomic mass is 16.5. The summed E-state index contributed by atoms with van der Waals surface area (Å²) < 4.78 is 6.57. The lowest BCUT2D eigenvalue weighted by atomic mass is 9.48. The minimum absolute atomic E-state index is 0.0159. The van der Waals surface area contributed by atoms with E-state index in [1.54, 1.807) is 12.1 Å². The van der Waals surface area contributed by atoms with Gasteiger partial charge >= 0.3 is 0 Å². The quantitative estimate of drug-likeness (QED) is 0.649. The number of likely N-dealkylation sites (tertiary alicyclic amines) is 1. The summed E-state index contributed by atoms with van der Waals surface area (Å²) in [6.07, 6.45) is 10.7. The maximum atomic E-state index is 13.0. The van der Waals surface area contributed by atoms with Gasteiger partial charge < -0.3 is 19.8 Å². The molecule has 6 nitrogen and oxygen atoms in total. The van der Waals surface area contributed by atoms with Gasteiger partial charge in [-0.3, -0.25) is 9.69 Å². The number of benzene rings is 1. The molecule has 6 heteroatoms. The standard InChI is InChI=1S/C27H36N2O4/c1-3-4-5-6-22(31)28(2)19-11-12-27(32)21-15-18-9-10-20(30)24-23(18)26(27,25(19)33-24)13-14-29(21)16-17-7-8-17/h5-6,9-10,17,19,21,25,30,32H,3-4,7-8,11-16H2,1-2H3/t19?,21-,25?,26+,27-/m1/s1. The van der Waals surface area contributed by atoms with E-state index in [-0.39, 0.29) is 29.8 Å². The molecule has 2 N–H and O–H groups in total. The Balaban J connectivity index is 1.42. The van der Waals surface area contributed by atoms with Crippen molar-refractivity contribution in [2.75, 3.05) is 20.1 Å². The molecule has 2 unspecified atom stereocenters. The number of hydrogen-bond donors (Lipinski definition) is 2. The molecule has 0 radical (unpaired) electrons. The van der Waals surface area contributed by atoms with Crippen molar-refractivity contribution in [2.24, 2.45) is 5.92 Å². The van der Waals surface area contributed by atoms with E-state index in [1.807, 2.05) is 24.1 Å². The zero-order valence-electron chi connectivity index (χ0n) is 19.8. The number of unbranched alkanes of at least 4 members (excludes halogenated alkanes) is 1. The number of aliphatic hydroxyl groups is 1. The molecule has 0 aromatic heterocycles. The lowest BCUT2D eigenvalue weighted by Gasteiger charge is -2.64. The van der Waals surface area contributed by atoms with Crippen molar-refractivity contribution < 1.29 is 19.7 Å². The van der Waals surface area contributed by atoms with Gasteiger partial charge in [0.05, 0.1) is 17.1 Å². The van der Waals surface area contributed by atoms with Gasteiger partial charge in [-0.05, 0) is 75.1 Å². The molecular weight excluding hydrogens is 416 g/mol. The molecule has 178 valence electrons. The van der Waals surface area contributed by atoms with Crippen LogP contribution in [0.2, 0.25) is 0 Å². The summed E-state index contributed by atoms with van der Waals surface area (Å²) in [6, 6.07) is 3.69. The predicted octanol–water partition coefficient (Wildman–Crippen LogP) is 3.14. The fourth-order valence-electron chi connectivity index (χ4n) is 7.48. The van der Waals surface area contributed by atoms with Gasteiger partial charge in [0.1, 0.15) is 6.10 Å². The minimum atomic E-state index is -0.907. The summed E-state index contributed by atoms with van der Waals surface area (Å²) in [5, 5.41) is 23.2. The summed E-state index contributed by atoms with van der Waals surface area (Å²) in [6.45, 7) is 4.10. The highest BCUT2D eigenvalue weighted by Crippen LogP contribution is 2.66. The van der Waals surface area contributed by atoms with Crippen molar-refractivity contribution >= 4 is 5.91 Å². The highest BCUT2D eigenvalue weighted by Gasteiger charge is 2.73. The SMILES string of the molecule is CCCC=CC(=O)N(C)C1CC[C@@]2(O)[C@H]3Cc4ccc(O)c5c4[C@@]2(CCN3CC2CC2)C1O5. The molecule has 3 aliphatic carbocycles. The largest absolute Gasteiger partial charge is 0.504 e. The van der Waals surface area contributed by atoms with E-state index in [0.717, 1.165) is 50.3 Å². The zero-order chi connectivity index (χ0) is 23.0. The van der Waals surface area contributed by atoms with Gasteiger partial charge in [0.25, 0.3) is 0 Å². The fourth-order valence-corrected chi connectivity index (χ4v) is 7.48. The van der Waals surface area contributed by atoms with Crippen LogP contribution >= 0.6 is 0 Å². The van der Waals surface area contributed by atoms with E-state index >= 15 is 0 Å². The molecule has 1 aromatic rings. The van der Waals surface area contributed by atoms with Gasteiger partial charge in [-0.25, -0.2) is 0 Å². The van der Waals surface area contributed by atoms with Gasteiger partial charge in [0, 0.05) is 25.2 Å². The number of ether oxygens (including phenoxy) is 1. The number of aromatic hydroxyl groups is 1. The fraction of sp³-hybridized carbons (Fsp3) is 0.667. The number of phenols is 1. The molecule has 6 rings (SSSR count). The first-order valence-electron chi connectivity index (χ1n) is 12.8. The number of carbonyl (C=O) groups excluding carboxylic acids is 1. The molecule has 1 amide bonds. The molecule has 2 heterocycles. The maximum Gasteiger partial charge on any atom is 0.246 e. The maximum absolute atomic E-state index is 13.0. The molecule has 5 atom stereocenters. The third-order valence-corrected chi connectivity index (χ3v) is 9.29. The van der Waals surface area contributed by atoms with E-state index in [0.29, 0.717) is 18.6 Å². The van der Waals surface area contributed by atoms with Crippen molar-refractivity contribution in [1.29, 1.82) is 0 Å². The van der Waals surface area contributed by atoms with Crippen LogP contribution in [0.4, 0.5) is 0 Å². The lowest BCUT2D eigenvalue weighted by molar-refractivity contribution is -0.200. The van der Waals surface area contributed by atoms with Crippen LogP contribution in [0.15, 0.2) is 24.3 Å². The Kier molecular flexibility index (Phi) is 4.87. The van der Waals surface area contributed by atoms with Crippen molar-refractivity contribution in [3.63, 3.8) is 0 Å². The number of likely N-dealkylation sites (N-methyl/N-ethyl adjacent to an activating group) is 1. The van der Waals surface area contributed by atoms with Gasteiger partial charge in [-0.15, -0.1) is 0 Å². The number of nitrogens with zero attached hydrogens (tertiary/aromatic N) is 2.